The van der Waals surface area contributed by atoms with Crippen molar-refractivity contribution < 1.29 is 21.6 Å². The third kappa shape index (κ3) is 6.51. The smallest absolute Gasteiger partial charge is 0.240 e. The molecular weight excluding hydrogens is 438 g/mol. The Hall–Kier alpha value is -1.98. The molecule has 0 aliphatic carbocycles. The van der Waals surface area contributed by atoms with Gasteiger partial charge in [-0.25, -0.2) is 21.6 Å². The summed E-state index contributed by atoms with van der Waals surface area (Å²) in [6.45, 7) is 1.27. The Bertz CT molecular complexity index is 1100. The topological polar surface area (TPSA) is 113 Å². The number of sulfonamides is 2. The second-order valence-electron chi connectivity index (χ2n) is 6.39. The van der Waals surface area contributed by atoms with Crippen LogP contribution in [0.15, 0.2) is 47.4 Å². The SMILES string of the molecule is CNS(=O)(=O)c1ccc(C)c(NC(=O)CN(Cc2ccc(Cl)cc2)S(C)(=O)=O)c1. The quantitative estimate of drug-likeness (QED) is 0.626. The number of nitrogens with zero attached hydrogens (tertiary/aromatic N) is 1. The predicted octanol–water partition coefficient (Wildman–Crippen LogP) is 1.96. The number of rotatable bonds is 8. The first-order valence-electron chi connectivity index (χ1n) is 8.46. The second kappa shape index (κ2) is 9.23. The second-order valence-corrected chi connectivity index (χ2v) is 10.7. The summed E-state index contributed by atoms with van der Waals surface area (Å²) in [7, 11) is -6.07. The Morgan fingerprint density at radius 3 is 2.24 bits per heavy atom. The predicted molar refractivity (Wildman–Crippen MR) is 113 cm³/mol. The van der Waals surface area contributed by atoms with E-state index in [2.05, 4.69) is 10.0 Å². The molecule has 0 spiro atoms. The number of anilines is 1. The van der Waals surface area contributed by atoms with E-state index in [1.165, 1.54) is 19.2 Å². The number of carbonyl (C=O) groups is 1. The van der Waals surface area contributed by atoms with Crippen molar-refractivity contribution in [3.8, 4) is 0 Å². The number of benzene rings is 2. The summed E-state index contributed by atoms with van der Waals surface area (Å²) in [4.78, 5) is 12.5. The Morgan fingerprint density at radius 2 is 1.69 bits per heavy atom. The third-order valence-electron chi connectivity index (χ3n) is 4.12. The van der Waals surface area contributed by atoms with E-state index in [1.807, 2.05) is 0 Å². The van der Waals surface area contributed by atoms with Crippen molar-refractivity contribution in [1.82, 2.24) is 9.03 Å². The molecule has 29 heavy (non-hydrogen) atoms. The van der Waals surface area contributed by atoms with Crippen molar-refractivity contribution in [3.63, 3.8) is 0 Å². The fourth-order valence-corrected chi connectivity index (χ4v) is 4.07. The molecule has 0 fully saturated rings. The molecule has 2 aromatic carbocycles. The van der Waals surface area contributed by atoms with Gasteiger partial charge >= 0.3 is 0 Å². The minimum atomic E-state index is -3.68. The highest BCUT2D eigenvalue weighted by Crippen LogP contribution is 2.20. The zero-order valence-electron chi connectivity index (χ0n) is 16.1. The van der Waals surface area contributed by atoms with E-state index < -0.39 is 32.5 Å². The highest BCUT2D eigenvalue weighted by atomic mass is 35.5. The van der Waals surface area contributed by atoms with Crippen LogP contribution in [0.2, 0.25) is 5.02 Å². The molecule has 2 rings (SSSR count). The van der Waals surface area contributed by atoms with Gasteiger partial charge in [-0.05, 0) is 49.4 Å². The van der Waals surface area contributed by atoms with Crippen molar-refractivity contribution in [2.24, 2.45) is 0 Å². The number of amides is 1. The van der Waals surface area contributed by atoms with Crippen LogP contribution >= 0.6 is 11.6 Å². The minimum Gasteiger partial charge on any atom is -0.325 e. The van der Waals surface area contributed by atoms with Gasteiger partial charge in [-0.1, -0.05) is 29.8 Å². The first-order chi connectivity index (χ1) is 13.4. The number of aryl methyl sites for hydroxylation is 1. The maximum Gasteiger partial charge on any atom is 0.240 e. The molecule has 0 saturated carbocycles. The highest BCUT2D eigenvalue weighted by Gasteiger charge is 2.21. The highest BCUT2D eigenvalue weighted by molar-refractivity contribution is 7.89. The van der Waals surface area contributed by atoms with Crippen LogP contribution in [0, 0.1) is 6.92 Å². The summed E-state index contributed by atoms with van der Waals surface area (Å²) in [6.07, 6.45) is 1.02. The molecule has 0 saturated heterocycles. The number of halogens is 1. The van der Waals surface area contributed by atoms with Gasteiger partial charge in [-0.15, -0.1) is 0 Å². The molecule has 8 nitrogen and oxygen atoms in total. The number of carbonyl (C=O) groups excluding carboxylic acids is 1. The first kappa shape index (κ1) is 23.3. The van der Waals surface area contributed by atoms with E-state index in [9.17, 15) is 21.6 Å². The van der Waals surface area contributed by atoms with E-state index in [-0.39, 0.29) is 17.1 Å². The lowest BCUT2D eigenvalue weighted by Gasteiger charge is -2.20. The largest absolute Gasteiger partial charge is 0.325 e. The third-order valence-corrected chi connectivity index (χ3v) is 6.98. The lowest BCUT2D eigenvalue weighted by molar-refractivity contribution is -0.116. The van der Waals surface area contributed by atoms with E-state index >= 15 is 0 Å². The molecule has 2 N–H and O–H groups in total. The van der Waals surface area contributed by atoms with Gasteiger partial charge in [0.2, 0.25) is 26.0 Å². The number of hydrogen-bond acceptors (Lipinski definition) is 5. The average Bonchev–Trinajstić information content (AvgIpc) is 2.63. The normalized spacial score (nSPS) is 12.2. The Balaban J connectivity index is 2.20. The summed E-state index contributed by atoms with van der Waals surface area (Å²) in [6, 6.07) is 10.9. The standard InChI is InChI=1S/C18H22ClN3O5S2/c1-13-4-9-16(29(26,27)20-2)10-17(13)21-18(23)12-22(28(3,24)25)11-14-5-7-15(19)8-6-14/h4-10,20H,11-12H2,1-3H3,(H,21,23). The fourth-order valence-electron chi connectivity index (χ4n) is 2.45. The molecule has 1 amide bonds. The van der Waals surface area contributed by atoms with E-state index in [4.69, 9.17) is 11.6 Å². The van der Waals surface area contributed by atoms with E-state index in [0.29, 0.717) is 16.1 Å². The van der Waals surface area contributed by atoms with Gasteiger partial charge in [-0.3, -0.25) is 4.79 Å². The van der Waals surface area contributed by atoms with Crippen molar-refractivity contribution in [2.75, 3.05) is 25.2 Å². The first-order valence-corrected chi connectivity index (χ1v) is 12.2. The summed E-state index contributed by atoms with van der Waals surface area (Å²) >= 11 is 5.84. The monoisotopic (exact) mass is 459 g/mol. The summed E-state index contributed by atoms with van der Waals surface area (Å²) in [5.74, 6) is -0.591. The van der Waals surface area contributed by atoms with E-state index in [0.717, 1.165) is 10.6 Å². The van der Waals surface area contributed by atoms with Crippen molar-refractivity contribution in [1.29, 1.82) is 0 Å². The van der Waals surface area contributed by atoms with Gasteiger partial charge in [0.1, 0.15) is 0 Å². The minimum absolute atomic E-state index is 0.00339. The molecule has 0 bridgehead atoms. The molecule has 0 radical (unpaired) electrons. The maximum atomic E-state index is 12.5. The zero-order valence-corrected chi connectivity index (χ0v) is 18.5. The lowest BCUT2D eigenvalue weighted by atomic mass is 10.2. The molecular formula is C18H22ClN3O5S2. The average molecular weight is 460 g/mol. The summed E-state index contributed by atoms with van der Waals surface area (Å²) in [5, 5.41) is 3.10. The fraction of sp³-hybridized carbons (Fsp3) is 0.278. The molecule has 11 heteroatoms. The molecule has 0 atom stereocenters. The van der Waals surface area contributed by atoms with Crippen LogP contribution < -0.4 is 10.0 Å². The summed E-state index contributed by atoms with van der Waals surface area (Å²) in [5.41, 5.74) is 1.59. The van der Waals surface area contributed by atoms with Crippen LogP contribution in [0.3, 0.4) is 0 Å². The molecule has 0 unspecified atom stereocenters. The van der Waals surface area contributed by atoms with Crippen LogP contribution in [0.1, 0.15) is 11.1 Å². The zero-order chi connectivity index (χ0) is 21.8. The van der Waals surface area contributed by atoms with Gasteiger partial charge in [0.25, 0.3) is 0 Å². The molecule has 0 heterocycles. The van der Waals surface area contributed by atoms with Crippen LogP contribution in [0.5, 0.6) is 0 Å². The molecule has 2 aromatic rings. The van der Waals surface area contributed by atoms with Gasteiger partial charge in [0.05, 0.1) is 17.7 Å². The van der Waals surface area contributed by atoms with Crippen LogP contribution in [0.25, 0.3) is 0 Å². The van der Waals surface area contributed by atoms with Gasteiger partial charge in [0.15, 0.2) is 0 Å². The van der Waals surface area contributed by atoms with Crippen LogP contribution in [-0.4, -0.2) is 46.9 Å². The Kier molecular flexibility index (Phi) is 7.41. The van der Waals surface area contributed by atoms with Gasteiger partial charge < -0.3 is 5.32 Å². The van der Waals surface area contributed by atoms with Crippen molar-refractivity contribution >= 4 is 43.2 Å². The molecule has 0 aliphatic heterocycles. The van der Waals surface area contributed by atoms with Crippen LogP contribution in [0.4, 0.5) is 5.69 Å². The number of hydrogen-bond donors (Lipinski definition) is 2. The lowest BCUT2D eigenvalue weighted by Crippen LogP contribution is -2.37. The molecule has 0 aliphatic rings. The van der Waals surface area contributed by atoms with Crippen LogP contribution in [-0.2, 0) is 31.4 Å². The van der Waals surface area contributed by atoms with Crippen molar-refractivity contribution in [3.05, 3.63) is 58.6 Å². The van der Waals surface area contributed by atoms with E-state index in [1.54, 1.807) is 37.3 Å². The summed E-state index contributed by atoms with van der Waals surface area (Å²) < 4.78 is 51.4. The molecule has 0 aromatic heterocycles. The Labute approximate surface area is 176 Å². The van der Waals surface area contributed by atoms with Crippen molar-refractivity contribution in [2.45, 2.75) is 18.4 Å². The van der Waals surface area contributed by atoms with Gasteiger partial charge in [0, 0.05) is 17.3 Å². The van der Waals surface area contributed by atoms with Gasteiger partial charge in [-0.2, -0.15) is 4.31 Å². The Morgan fingerprint density at radius 1 is 1.07 bits per heavy atom. The molecule has 158 valence electrons. The number of nitrogens with one attached hydrogen (secondary N) is 2. The maximum absolute atomic E-state index is 12.5.